The Morgan fingerprint density at radius 3 is 2.50 bits per heavy atom. The van der Waals surface area contributed by atoms with Gasteiger partial charge in [-0.1, -0.05) is 13.8 Å². The van der Waals surface area contributed by atoms with Gasteiger partial charge in [0.25, 0.3) is 0 Å². The van der Waals surface area contributed by atoms with Gasteiger partial charge in [-0.15, -0.1) is 0 Å². The van der Waals surface area contributed by atoms with E-state index in [1.54, 1.807) is 0 Å². The predicted molar refractivity (Wildman–Crippen MR) is 59.7 cm³/mol. The number of nitrogens with two attached hydrogens (primary N) is 1. The lowest BCUT2D eigenvalue weighted by Crippen LogP contribution is -2.58. The Hall–Kier alpha value is -0.610. The van der Waals surface area contributed by atoms with Crippen LogP contribution in [0.3, 0.4) is 0 Å². The number of aliphatic carboxylic acids is 1. The highest BCUT2D eigenvalue weighted by molar-refractivity contribution is 5.73. The molecule has 0 aromatic rings. The first-order valence-electron chi connectivity index (χ1n) is 6.02. The average molecular weight is 227 g/mol. The zero-order valence-electron chi connectivity index (χ0n) is 9.89. The van der Waals surface area contributed by atoms with Gasteiger partial charge in [0, 0.05) is 0 Å². The summed E-state index contributed by atoms with van der Waals surface area (Å²) in [5.41, 5.74) is 5.76. The Balaban J connectivity index is 2.08. The quantitative estimate of drug-likeness (QED) is 0.667. The van der Waals surface area contributed by atoms with Crippen molar-refractivity contribution in [2.75, 3.05) is 0 Å². The van der Waals surface area contributed by atoms with Crippen molar-refractivity contribution in [1.29, 1.82) is 0 Å². The molecule has 3 aliphatic rings. The Kier molecular flexibility index (Phi) is 2.75. The van der Waals surface area contributed by atoms with Crippen LogP contribution in [0.1, 0.15) is 33.1 Å². The molecule has 0 amide bonds. The molecule has 0 radical (unpaired) electrons. The molecule has 3 aliphatic carbocycles. The minimum Gasteiger partial charge on any atom is -0.480 e. The molecule has 92 valence electrons. The number of aliphatic hydroxyl groups excluding tert-OH is 1. The Morgan fingerprint density at radius 1 is 1.44 bits per heavy atom. The zero-order valence-corrected chi connectivity index (χ0v) is 9.89. The number of carbonyl (C=O) groups is 1. The number of fused-ring (bicyclic) bond motifs is 2. The van der Waals surface area contributed by atoms with E-state index < -0.39 is 18.1 Å². The van der Waals surface area contributed by atoms with Gasteiger partial charge in [-0.25, -0.2) is 0 Å². The van der Waals surface area contributed by atoms with Crippen LogP contribution in [0.15, 0.2) is 0 Å². The average Bonchev–Trinajstić information content (AvgIpc) is 2.26. The molecule has 0 saturated heterocycles. The molecule has 3 saturated carbocycles. The predicted octanol–water partition coefficient (Wildman–Crippen LogP) is 0.832. The fourth-order valence-electron chi connectivity index (χ4n) is 3.69. The number of rotatable bonds is 3. The van der Waals surface area contributed by atoms with E-state index in [4.69, 9.17) is 10.8 Å². The number of aliphatic hydroxyl groups is 1. The lowest BCUT2D eigenvalue weighted by atomic mass is 9.44. The monoisotopic (exact) mass is 227 g/mol. The summed E-state index contributed by atoms with van der Waals surface area (Å²) in [5, 5.41) is 18.9. The normalized spacial score (nSPS) is 39.6. The molecule has 5 atom stereocenters. The van der Waals surface area contributed by atoms with Crippen LogP contribution in [0.2, 0.25) is 0 Å². The topological polar surface area (TPSA) is 83.5 Å². The zero-order chi connectivity index (χ0) is 12.1. The first kappa shape index (κ1) is 11.9. The van der Waals surface area contributed by atoms with Crippen molar-refractivity contribution in [2.45, 2.75) is 45.3 Å². The minimum absolute atomic E-state index is 0.0612. The SMILES string of the molecule is CC1(C)C2CCC(C(O)C(N)C(=O)O)C1C2. The summed E-state index contributed by atoms with van der Waals surface area (Å²) < 4.78 is 0. The first-order valence-corrected chi connectivity index (χ1v) is 6.02. The Labute approximate surface area is 95.8 Å². The van der Waals surface area contributed by atoms with Crippen molar-refractivity contribution in [3.05, 3.63) is 0 Å². The molecule has 0 spiro atoms. The van der Waals surface area contributed by atoms with Crippen LogP contribution in [0.25, 0.3) is 0 Å². The molecule has 4 N–H and O–H groups in total. The fourth-order valence-corrected chi connectivity index (χ4v) is 3.69. The van der Waals surface area contributed by atoms with Crippen LogP contribution in [0.4, 0.5) is 0 Å². The maximum atomic E-state index is 10.8. The van der Waals surface area contributed by atoms with Crippen LogP contribution >= 0.6 is 0 Å². The van der Waals surface area contributed by atoms with Crippen LogP contribution in [0, 0.1) is 23.2 Å². The Morgan fingerprint density at radius 2 is 2.06 bits per heavy atom. The van der Waals surface area contributed by atoms with Gasteiger partial charge in [0.1, 0.15) is 6.04 Å². The molecular formula is C12H21NO3. The molecule has 0 aromatic heterocycles. The molecule has 16 heavy (non-hydrogen) atoms. The van der Waals surface area contributed by atoms with Crippen molar-refractivity contribution < 1.29 is 15.0 Å². The van der Waals surface area contributed by atoms with Crippen LogP contribution in [-0.2, 0) is 4.79 Å². The standard InChI is InChI=1S/C12H21NO3/c1-12(2)6-3-4-7(8(12)5-6)10(14)9(13)11(15)16/h6-10,14H,3-5,13H2,1-2H3,(H,15,16). The fraction of sp³-hybridized carbons (Fsp3) is 0.917. The maximum Gasteiger partial charge on any atom is 0.323 e. The highest BCUT2D eigenvalue weighted by atomic mass is 16.4. The van der Waals surface area contributed by atoms with E-state index in [1.807, 2.05) is 0 Å². The van der Waals surface area contributed by atoms with Crippen molar-refractivity contribution >= 4 is 5.97 Å². The molecule has 0 aromatic carbocycles. The van der Waals surface area contributed by atoms with E-state index in [0.29, 0.717) is 5.92 Å². The number of carboxylic acid groups (broad SMARTS) is 1. The van der Waals surface area contributed by atoms with Gasteiger partial charge in [-0.3, -0.25) is 4.79 Å². The van der Waals surface area contributed by atoms with E-state index in [-0.39, 0.29) is 11.3 Å². The van der Waals surface area contributed by atoms with Gasteiger partial charge in [-0.05, 0) is 42.4 Å². The number of carboxylic acids is 1. The number of hydrogen-bond acceptors (Lipinski definition) is 3. The molecule has 3 fully saturated rings. The van der Waals surface area contributed by atoms with Gasteiger partial charge >= 0.3 is 5.97 Å². The second-order valence-electron chi connectivity index (χ2n) is 5.96. The van der Waals surface area contributed by atoms with Crippen LogP contribution in [-0.4, -0.2) is 28.3 Å². The third kappa shape index (κ3) is 1.55. The summed E-state index contributed by atoms with van der Waals surface area (Å²) in [5.74, 6) is 0.145. The van der Waals surface area contributed by atoms with Crippen LogP contribution in [0.5, 0.6) is 0 Å². The third-order valence-corrected chi connectivity index (χ3v) is 5.00. The van der Waals surface area contributed by atoms with Crippen molar-refractivity contribution in [3.8, 4) is 0 Å². The van der Waals surface area contributed by atoms with E-state index >= 15 is 0 Å². The van der Waals surface area contributed by atoms with Crippen molar-refractivity contribution in [1.82, 2.24) is 0 Å². The van der Waals surface area contributed by atoms with Crippen LogP contribution < -0.4 is 5.73 Å². The first-order chi connectivity index (χ1) is 7.35. The van der Waals surface area contributed by atoms with Gasteiger partial charge in [0.2, 0.25) is 0 Å². The molecule has 3 rings (SSSR count). The molecule has 4 nitrogen and oxygen atoms in total. The second kappa shape index (κ2) is 3.70. The van der Waals surface area contributed by atoms with Crippen molar-refractivity contribution in [3.63, 3.8) is 0 Å². The van der Waals surface area contributed by atoms with E-state index in [1.165, 1.54) is 0 Å². The largest absolute Gasteiger partial charge is 0.480 e. The van der Waals surface area contributed by atoms with E-state index in [9.17, 15) is 9.90 Å². The lowest BCUT2D eigenvalue weighted by molar-refractivity contribution is -0.156. The molecule has 0 aliphatic heterocycles. The second-order valence-corrected chi connectivity index (χ2v) is 5.96. The summed E-state index contributed by atoms with van der Waals surface area (Å²) in [6.45, 7) is 4.44. The molecule has 5 unspecified atom stereocenters. The van der Waals surface area contributed by atoms with Gasteiger partial charge in [0.15, 0.2) is 0 Å². The maximum absolute atomic E-state index is 10.8. The van der Waals surface area contributed by atoms with Gasteiger partial charge < -0.3 is 15.9 Å². The minimum atomic E-state index is -1.14. The summed E-state index contributed by atoms with van der Waals surface area (Å²) in [7, 11) is 0. The number of hydrogen-bond donors (Lipinski definition) is 3. The smallest absolute Gasteiger partial charge is 0.323 e. The van der Waals surface area contributed by atoms with Crippen molar-refractivity contribution in [2.24, 2.45) is 28.9 Å². The summed E-state index contributed by atoms with van der Waals surface area (Å²) in [4.78, 5) is 10.8. The molecule has 4 heteroatoms. The summed E-state index contributed by atoms with van der Waals surface area (Å²) in [6.07, 6.45) is 2.24. The lowest BCUT2D eigenvalue weighted by Gasteiger charge is -2.61. The summed E-state index contributed by atoms with van der Waals surface area (Å²) >= 11 is 0. The summed E-state index contributed by atoms with van der Waals surface area (Å²) in [6, 6.07) is -1.14. The van der Waals surface area contributed by atoms with Gasteiger partial charge in [-0.2, -0.15) is 0 Å². The highest BCUT2D eigenvalue weighted by Gasteiger charge is 2.56. The molecule has 2 bridgehead atoms. The van der Waals surface area contributed by atoms with Gasteiger partial charge in [0.05, 0.1) is 6.10 Å². The Bertz CT molecular complexity index is 301. The highest BCUT2D eigenvalue weighted by Crippen LogP contribution is 2.62. The molecular weight excluding hydrogens is 206 g/mol. The third-order valence-electron chi connectivity index (χ3n) is 5.00. The van der Waals surface area contributed by atoms with E-state index in [0.717, 1.165) is 25.2 Å². The molecule has 0 heterocycles. The van der Waals surface area contributed by atoms with E-state index in [2.05, 4.69) is 13.8 Å².